The maximum absolute atomic E-state index is 13.2. The highest BCUT2D eigenvalue weighted by Crippen LogP contribution is 2.49. The van der Waals surface area contributed by atoms with Crippen LogP contribution in [0.3, 0.4) is 0 Å². The number of carbonyl (C=O) groups is 6. The lowest BCUT2D eigenvalue weighted by Gasteiger charge is -2.34. The first-order valence-corrected chi connectivity index (χ1v) is 52.7. The summed E-state index contributed by atoms with van der Waals surface area (Å²) < 4.78 is 0. The van der Waals surface area contributed by atoms with E-state index in [-0.39, 0.29) is 35.4 Å². The van der Waals surface area contributed by atoms with E-state index in [0.717, 1.165) is 184 Å². The molecule has 5 saturated carbocycles. The maximum atomic E-state index is 13.2. The first kappa shape index (κ1) is 104. The molecule has 38 heteroatoms. The van der Waals surface area contributed by atoms with Crippen molar-refractivity contribution >= 4 is 184 Å². The standard InChI is InChI=1S/C25H34N6O2.2C22H27N7O.2C21H28N6O/c1-6-16-13-17(22(32)26-4)11-12-19(16)28-24-27-14-20-21(29-24)31(18-9-7-8-10-18)15-25(2,3)23(33)30(20)5;1-22(2)12-29(14-7-4-5-8-14)19-17(28(3)20(22)30)11-23-21(27-19)26-16-10-6-9-15-18(16)25-13-24-15;1-22(2)13-29(16-6-4-5-7-16)19-18(28(3)20(22)30)12-23-21(26-19)25-15-8-9-17-14(10-15)11-24-27-17;1-21(2)13-27(16-9-4-5-10-16)18-17(26(3)19(21)28)12-23-20(25-18)24-15-8-6-7-14(22)11-15;1-21(2)13-27(16-6-4-5-7-16)18-17(26(3)19(21)28)12-23-20(25-18)24-15-10-8-14(22)9-11-15/h11-14,18H,6-10,15H2,1-5H3,(H,26,32)(H,27,28,29);6,9-11,13-14H,4-5,7-8,12H2,1-3H3,(H,24,25)(H,23,26,27);8-12,16H,4-7,13H2,1-3H3,(H,24,27)(H,23,25,26);6-8,11-12,16H,4-5,9-10,13,22H2,1-3H3,(H,23,24,25);8-12,16H,4-7,13,22H2,1-3H3,(H,23,24,25). The van der Waals surface area contributed by atoms with Crippen LogP contribution in [-0.4, -0.2) is 211 Å². The van der Waals surface area contributed by atoms with E-state index in [2.05, 4.69) is 108 Å². The number of anilines is 22. The summed E-state index contributed by atoms with van der Waals surface area (Å²) in [4.78, 5) is 152. The normalized spacial score (nSPS) is 19.1. The molecule has 149 heavy (non-hydrogen) atoms. The largest absolute Gasteiger partial charge is 0.399 e. The van der Waals surface area contributed by atoms with E-state index >= 15 is 0 Å². The monoisotopic (exact) mass is 2020 g/mol. The third-order valence-corrected chi connectivity index (χ3v) is 30.9. The van der Waals surface area contributed by atoms with E-state index in [1.807, 2.05) is 202 Å². The summed E-state index contributed by atoms with van der Waals surface area (Å²) in [5.41, 5.74) is 23.1. The number of rotatable bonds is 17. The molecular formula is C111H144N32O6. The van der Waals surface area contributed by atoms with Crippen LogP contribution in [0.25, 0.3) is 21.9 Å². The molecule has 5 aliphatic carbocycles. The molecule has 0 bridgehead atoms. The fourth-order valence-electron chi connectivity index (χ4n) is 22.8. The van der Waals surface area contributed by atoms with E-state index in [0.29, 0.717) is 110 Å². The summed E-state index contributed by atoms with van der Waals surface area (Å²) in [6.45, 7) is 25.5. The number of H-pyrrole nitrogens is 2. The van der Waals surface area contributed by atoms with Gasteiger partial charge in [0.1, 0.15) is 34.0 Å². The Balaban J connectivity index is 0.000000122. The third kappa shape index (κ3) is 22.2. The summed E-state index contributed by atoms with van der Waals surface area (Å²) in [6, 6.07) is 34.5. The molecular weight excluding hydrogens is 1880 g/mol. The van der Waals surface area contributed by atoms with Gasteiger partial charge in [0.15, 0.2) is 29.1 Å². The zero-order chi connectivity index (χ0) is 105. The van der Waals surface area contributed by atoms with Crippen molar-refractivity contribution in [3.63, 3.8) is 0 Å². The molecule has 38 nitrogen and oxygen atoms in total. The quantitative estimate of drug-likeness (QED) is 0.0379. The summed E-state index contributed by atoms with van der Waals surface area (Å²) in [5, 5.41) is 27.2. The Labute approximate surface area is 871 Å². The smallest absolute Gasteiger partial charge is 0.251 e. The van der Waals surface area contributed by atoms with E-state index in [1.165, 1.54) is 64.2 Å². The SMILES string of the molecule is CCc1cc(C(=O)NC)ccc1Nc1ncc2c(n1)N(C1CCCC1)CC(C)(C)C(=O)N2C.CN1C(=O)C(C)(C)CN(C2CCCC2)c2nc(Nc3ccc(N)cc3)ncc21.CN1C(=O)C(C)(C)CN(C2CCCC2)c2nc(Nc3ccc4[nH]ncc4c3)ncc21.CN1C(=O)C(C)(C)CN(C2CCCC2)c2nc(Nc3cccc(N)c3)ncc21.CN1C(=O)C(C)(C)CN(C2CCCC2)c2nc(Nc3cccc4[nH]cnc34)ncc21. The van der Waals surface area contributed by atoms with E-state index in [4.69, 9.17) is 36.4 Å². The molecule has 10 aliphatic rings. The van der Waals surface area contributed by atoms with Gasteiger partial charge in [0.05, 0.1) is 87.3 Å². The Kier molecular flexibility index (Phi) is 29.9. The molecule has 0 atom stereocenters. The van der Waals surface area contributed by atoms with Crippen molar-refractivity contribution < 1.29 is 28.8 Å². The van der Waals surface area contributed by atoms with Crippen molar-refractivity contribution in [2.45, 2.75) is 241 Å². The first-order valence-electron chi connectivity index (χ1n) is 52.7. The Morgan fingerprint density at radius 3 is 1.05 bits per heavy atom. The Hall–Kier alpha value is -15.1. The molecule has 22 rings (SSSR count). The number of aromatic nitrogens is 14. The predicted molar refractivity (Wildman–Crippen MR) is 594 cm³/mol. The molecule has 0 radical (unpaired) electrons. The number of nitrogens with one attached hydrogen (secondary N) is 8. The lowest BCUT2D eigenvalue weighted by molar-refractivity contribution is -0.126. The molecule has 12 aromatic rings. The van der Waals surface area contributed by atoms with E-state index in [1.54, 1.807) is 81.1 Å². The van der Waals surface area contributed by atoms with Gasteiger partial charge in [-0.25, -0.2) is 29.9 Å². The van der Waals surface area contributed by atoms with E-state index < -0.39 is 27.1 Å². The van der Waals surface area contributed by atoms with Crippen molar-refractivity contribution in [3.05, 3.63) is 158 Å². The molecule has 0 unspecified atom stereocenters. The lowest BCUT2D eigenvalue weighted by atomic mass is 9.91. The molecule has 5 aromatic carbocycles. The van der Waals surface area contributed by atoms with Gasteiger partial charge in [-0.05, 0) is 236 Å². The number of aryl methyl sites for hydroxylation is 1. The number of nitrogens with two attached hydrogens (primary N) is 2. The Bertz CT molecular complexity index is 6910. The number of aromatic amines is 2. The predicted octanol–water partition coefficient (Wildman–Crippen LogP) is 18.7. The number of hydrogen-bond acceptors (Lipinski definition) is 30. The minimum absolute atomic E-state index is 0.0756. The molecule has 0 spiro atoms. The van der Waals surface area contributed by atoms with Crippen molar-refractivity contribution in [3.8, 4) is 0 Å². The highest BCUT2D eigenvalue weighted by Gasteiger charge is 2.49. The van der Waals surface area contributed by atoms with Gasteiger partial charge in [-0.15, -0.1) is 0 Å². The van der Waals surface area contributed by atoms with Crippen LogP contribution in [0, 0.1) is 27.1 Å². The highest BCUT2D eigenvalue weighted by atomic mass is 16.2. The average molecular weight is 2020 g/mol. The van der Waals surface area contributed by atoms with Gasteiger partial charge in [-0.3, -0.25) is 33.9 Å². The van der Waals surface area contributed by atoms with Crippen LogP contribution >= 0.6 is 0 Å². The first-order chi connectivity index (χ1) is 71.3. The second-order valence-corrected chi connectivity index (χ2v) is 44.5. The van der Waals surface area contributed by atoms with Crippen LogP contribution < -0.4 is 92.4 Å². The fourth-order valence-corrected chi connectivity index (χ4v) is 22.8. The van der Waals surface area contributed by atoms with Crippen molar-refractivity contribution in [2.75, 3.05) is 162 Å². The van der Waals surface area contributed by atoms with Gasteiger partial charge in [0.2, 0.25) is 59.3 Å². The fraction of sp³-hybridized carbons (Fsp3) is 0.477. The maximum Gasteiger partial charge on any atom is 0.251 e. The lowest BCUT2D eigenvalue weighted by Crippen LogP contribution is -2.45. The number of para-hydroxylation sites is 1. The molecule has 12 heterocycles. The number of nitrogens with zero attached hydrogens (tertiary/aromatic N) is 22. The zero-order valence-corrected chi connectivity index (χ0v) is 89.1. The minimum atomic E-state index is -0.517. The second-order valence-electron chi connectivity index (χ2n) is 44.5. The van der Waals surface area contributed by atoms with Gasteiger partial charge in [0, 0.05) is 150 Å². The van der Waals surface area contributed by atoms with Crippen LogP contribution in [0.2, 0.25) is 0 Å². The number of carbonyl (C=O) groups excluding carboxylic acids is 6. The summed E-state index contributed by atoms with van der Waals surface area (Å²) >= 11 is 0. The van der Waals surface area contributed by atoms with Crippen LogP contribution in [-0.2, 0) is 30.4 Å². The average Bonchev–Trinajstić information content (AvgIpc) is 1.64. The molecule has 12 N–H and O–H groups in total. The highest BCUT2D eigenvalue weighted by molar-refractivity contribution is 6.05. The molecule has 5 fully saturated rings. The van der Waals surface area contributed by atoms with Crippen LogP contribution in [0.1, 0.15) is 220 Å². The van der Waals surface area contributed by atoms with Gasteiger partial charge < -0.3 is 97.4 Å². The molecule has 784 valence electrons. The molecule has 0 saturated heterocycles. The number of hydrogen-bond donors (Lipinski definition) is 10. The minimum Gasteiger partial charge on any atom is -0.399 e. The Morgan fingerprint density at radius 1 is 0.362 bits per heavy atom. The van der Waals surface area contributed by atoms with E-state index in [9.17, 15) is 28.8 Å². The van der Waals surface area contributed by atoms with Crippen molar-refractivity contribution in [2.24, 2.45) is 27.1 Å². The summed E-state index contributed by atoms with van der Waals surface area (Å²) in [5.74, 6) is 7.02. The van der Waals surface area contributed by atoms with Gasteiger partial charge in [0.25, 0.3) is 5.91 Å². The van der Waals surface area contributed by atoms with Gasteiger partial charge in [-0.1, -0.05) is 83.3 Å². The number of nitrogen functional groups attached to an aromatic ring is 2. The summed E-state index contributed by atoms with van der Waals surface area (Å²) in [7, 11) is 10.7. The number of benzene rings is 5. The number of imidazole rings is 1. The van der Waals surface area contributed by atoms with Gasteiger partial charge in [-0.2, -0.15) is 30.0 Å². The second kappa shape index (κ2) is 43.0. The third-order valence-electron chi connectivity index (χ3n) is 30.9. The summed E-state index contributed by atoms with van der Waals surface area (Å²) in [6.07, 6.45) is 36.5. The Morgan fingerprint density at radius 2 is 0.698 bits per heavy atom. The topological polar surface area (TPSA) is 445 Å². The molecule has 5 aliphatic heterocycles. The molecule has 6 amide bonds. The van der Waals surface area contributed by atoms with Crippen LogP contribution in [0.15, 0.2) is 147 Å². The number of amides is 6. The van der Waals surface area contributed by atoms with Crippen molar-refractivity contribution in [1.82, 2.24) is 75.3 Å². The molecule has 7 aromatic heterocycles. The zero-order valence-electron chi connectivity index (χ0n) is 89.1. The van der Waals surface area contributed by atoms with Crippen LogP contribution in [0.4, 0.5) is 127 Å². The van der Waals surface area contributed by atoms with Gasteiger partial charge >= 0.3 is 0 Å². The number of fused-ring (bicyclic) bond motifs is 7. The van der Waals surface area contributed by atoms with Crippen LogP contribution in [0.5, 0.6) is 0 Å². The van der Waals surface area contributed by atoms with Crippen molar-refractivity contribution in [1.29, 1.82) is 0 Å².